The van der Waals surface area contributed by atoms with Crippen molar-refractivity contribution in [3.63, 3.8) is 0 Å². The predicted octanol–water partition coefficient (Wildman–Crippen LogP) is 6.83. The first-order valence-electron chi connectivity index (χ1n) is 12.2. The van der Waals surface area contributed by atoms with Crippen molar-refractivity contribution >= 4 is 51.5 Å². The number of nitrogens with zero attached hydrogens (tertiary/aromatic N) is 3. The summed E-state index contributed by atoms with van der Waals surface area (Å²) in [4.78, 5) is 36.5. The number of carbonyl (C=O) groups is 2. The minimum atomic E-state index is -0.563. The SMILES string of the molecule is CCCCCOC(=O)c1c(NC(=O)c2ccc(Cl)cc2)n(-c2ccccc2)c2nc3ccccc3nc12. The van der Waals surface area contributed by atoms with Crippen LogP contribution in [0, 0.1) is 0 Å². The number of ether oxygens (including phenoxy) is 1. The molecule has 0 atom stereocenters. The maximum Gasteiger partial charge on any atom is 0.344 e. The van der Waals surface area contributed by atoms with Crippen molar-refractivity contribution in [2.45, 2.75) is 26.2 Å². The van der Waals surface area contributed by atoms with E-state index >= 15 is 0 Å². The number of hydrogen-bond acceptors (Lipinski definition) is 5. The van der Waals surface area contributed by atoms with Gasteiger partial charge in [-0.25, -0.2) is 14.8 Å². The Hall–Kier alpha value is -4.23. The van der Waals surface area contributed by atoms with Crippen LogP contribution in [-0.2, 0) is 4.74 Å². The quantitative estimate of drug-likeness (QED) is 0.182. The van der Waals surface area contributed by atoms with Gasteiger partial charge in [0.2, 0.25) is 0 Å². The zero-order valence-electron chi connectivity index (χ0n) is 20.3. The van der Waals surface area contributed by atoms with Crippen LogP contribution in [0.1, 0.15) is 46.9 Å². The standard InChI is InChI=1S/C29H25ClN4O3/c1-2-3-9-18-37-29(36)24-25-27(32-23-13-8-7-12-22(23)31-25)34(21-10-5-4-6-11-21)26(24)33-28(35)19-14-16-20(30)17-15-19/h4-8,10-17H,2-3,9,18H2,1H3,(H,33,35). The number of para-hydroxylation sites is 3. The van der Waals surface area contributed by atoms with Crippen LogP contribution in [0.15, 0.2) is 78.9 Å². The topological polar surface area (TPSA) is 86.1 Å². The molecule has 5 aromatic rings. The number of rotatable bonds is 8. The summed E-state index contributed by atoms with van der Waals surface area (Å²) < 4.78 is 7.40. The average molecular weight is 513 g/mol. The predicted molar refractivity (Wildman–Crippen MR) is 146 cm³/mol. The first-order valence-corrected chi connectivity index (χ1v) is 12.5. The highest BCUT2D eigenvalue weighted by Crippen LogP contribution is 2.34. The number of nitrogens with one attached hydrogen (secondary N) is 1. The van der Waals surface area contributed by atoms with Crippen LogP contribution in [0.25, 0.3) is 27.9 Å². The molecule has 0 fully saturated rings. The molecule has 1 amide bonds. The lowest BCUT2D eigenvalue weighted by Crippen LogP contribution is -2.18. The third-order valence-corrected chi connectivity index (χ3v) is 6.25. The summed E-state index contributed by atoms with van der Waals surface area (Å²) in [7, 11) is 0. The van der Waals surface area contributed by atoms with E-state index in [0.717, 1.165) is 19.3 Å². The average Bonchev–Trinajstić information content (AvgIpc) is 3.22. The Kier molecular flexibility index (Phi) is 7.14. The molecule has 0 aliphatic rings. The summed E-state index contributed by atoms with van der Waals surface area (Å²) in [6.07, 6.45) is 2.70. The summed E-state index contributed by atoms with van der Waals surface area (Å²) >= 11 is 6.01. The number of fused-ring (bicyclic) bond motifs is 2. The molecule has 0 radical (unpaired) electrons. The van der Waals surface area contributed by atoms with E-state index in [1.807, 2.05) is 54.6 Å². The molecule has 0 saturated carbocycles. The highest BCUT2D eigenvalue weighted by atomic mass is 35.5. The molecule has 2 aromatic heterocycles. The number of hydrogen-bond donors (Lipinski definition) is 1. The fourth-order valence-electron chi connectivity index (χ4n) is 4.15. The van der Waals surface area contributed by atoms with E-state index in [9.17, 15) is 9.59 Å². The molecule has 0 aliphatic carbocycles. The monoisotopic (exact) mass is 512 g/mol. The Morgan fingerprint density at radius 1 is 0.892 bits per heavy atom. The second-order valence-electron chi connectivity index (χ2n) is 8.58. The minimum absolute atomic E-state index is 0.163. The van der Waals surface area contributed by atoms with Crippen molar-refractivity contribution in [3.8, 4) is 5.69 Å². The van der Waals surface area contributed by atoms with Crippen LogP contribution in [-0.4, -0.2) is 33.0 Å². The van der Waals surface area contributed by atoms with Gasteiger partial charge in [-0.15, -0.1) is 0 Å². The lowest BCUT2D eigenvalue weighted by atomic mass is 10.2. The Morgan fingerprint density at radius 2 is 1.57 bits per heavy atom. The van der Waals surface area contributed by atoms with Gasteiger partial charge >= 0.3 is 5.97 Å². The molecule has 0 saturated heterocycles. The van der Waals surface area contributed by atoms with Crippen LogP contribution in [0.2, 0.25) is 5.02 Å². The van der Waals surface area contributed by atoms with Gasteiger partial charge in [-0.05, 0) is 55.0 Å². The Balaban J connectivity index is 1.72. The number of unbranched alkanes of at least 4 members (excludes halogenated alkanes) is 2. The van der Waals surface area contributed by atoms with E-state index in [1.54, 1.807) is 28.8 Å². The largest absolute Gasteiger partial charge is 0.462 e. The Labute approximate surface area is 219 Å². The smallest absolute Gasteiger partial charge is 0.344 e. The molecular formula is C29H25ClN4O3. The van der Waals surface area contributed by atoms with Crippen molar-refractivity contribution in [1.82, 2.24) is 14.5 Å². The van der Waals surface area contributed by atoms with Gasteiger partial charge in [0.15, 0.2) is 5.65 Å². The molecule has 186 valence electrons. The number of aromatic nitrogens is 3. The van der Waals surface area contributed by atoms with E-state index in [2.05, 4.69) is 12.2 Å². The molecule has 0 bridgehead atoms. The van der Waals surface area contributed by atoms with Gasteiger partial charge in [0, 0.05) is 16.3 Å². The number of carbonyl (C=O) groups excluding carboxylic acids is 2. The molecule has 7 nitrogen and oxygen atoms in total. The van der Waals surface area contributed by atoms with Gasteiger partial charge in [0.1, 0.15) is 16.9 Å². The summed E-state index contributed by atoms with van der Waals surface area (Å²) in [5, 5.41) is 3.46. The fourth-order valence-corrected chi connectivity index (χ4v) is 4.28. The number of esters is 1. The van der Waals surface area contributed by atoms with Gasteiger partial charge < -0.3 is 10.1 Å². The lowest BCUT2D eigenvalue weighted by Gasteiger charge is -2.13. The normalized spacial score (nSPS) is 11.1. The van der Waals surface area contributed by atoms with Crippen LogP contribution in [0.4, 0.5) is 5.82 Å². The molecule has 0 unspecified atom stereocenters. The first kappa shape index (κ1) is 24.5. The molecule has 3 aromatic carbocycles. The number of amides is 1. The Bertz CT molecular complexity index is 1580. The second-order valence-corrected chi connectivity index (χ2v) is 9.02. The molecule has 1 N–H and O–H groups in total. The zero-order valence-corrected chi connectivity index (χ0v) is 21.0. The maximum atomic E-state index is 13.5. The third kappa shape index (κ3) is 5.04. The molecule has 0 spiro atoms. The van der Waals surface area contributed by atoms with Crippen LogP contribution >= 0.6 is 11.6 Å². The van der Waals surface area contributed by atoms with E-state index in [0.29, 0.717) is 38.5 Å². The number of anilines is 1. The van der Waals surface area contributed by atoms with Crippen LogP contribution < -0.4 is 5.32 Å². The highest BCUT2D eigenvalue weighted by Gasteiger charge is 2.29. The van der Waals surface area contributed by atoms with E-state index in [1.165, 1.54) is 0 Å². The molecule has 0 aliphatic heterocycles. The maximum absolute atomic E-state index is 13.5. The van der Waals surface area contributed by atoms with E-state index in [-0.39, 0.29) is 18.0 Å². The summed E-state index contributed by atoms with van der Waals surface area (Å²) in [5.41, 5.74) is 3.37. The first-order chi connectivity index (χ1) is 18.1. The Morgan fingerprint density at radius 3 is 2.27 bits per heavy atom. The third-order valence-electron chi connectivity index (χ3n) is 6.00. The molecule has 8 heteroatoms. The molecule has 5 rings (SSSR count). The number of halogens is 1. The van der Waals surface area contributed by atoms with Crippen LogP contribution in [0.5, 0.6) is 0 Å². The van der Waals surface area contributed by atoms with Crippen molar-refractivity contribution in [3.05, 3.63) is 95.0 Å². The summed E-state index contributed by atoms with van der Waals surface area (Å²) in [5.74, 6) is -0.718. The molecule has 2 heterocycles. The van der Waals surface area contributed by atoms with Crippen molar-refractivity contribution < 1.29 is 14.3 Å². The molecular weight excluding hydrogens is 488 g/mol. The van der Waals surface area contributed by atoms with Crippen molar-refractivity contribution in [2.24, 2.45) is 0 Å². The zero-order chi connectivity index (χ0) is 25.8. The van der Waals surface area contributed by atoms with Gasteiger partial charge in [-0.3, -0.25) is 9.36 Å². The van der Waals surface area contributed by atoms with E-state index in [4.69, 9.17) is 26.3 Å². The van der Waals surface area contributed by atoms with Crippen LogP contribution in [0.3, 0.4) is 0 Å². The number of benzene rings is 3. The fraction of sp³-hybridized carbons (Fsp3) is 0.172. The van der Waals surface area contributed by atoms with E-state index < -0.39 is 11.9 Å². The summed E-state index contributed by atoms with van der Waals surface area (Å²) in [6.45, 7) is 2.36. The van der Waals surface area contributed by atoms with Gasteiger partial charge in [0.25, 0.3) is 5.91 Å². The van der Waals surface area contributed by atoms with Crippen molar-refractivity contribution in [1.29, 1.82) is 0 Å². The summed E-state index contributed by atoms with van der Waals surface area (Å²) in [6, 6.07) is 23.4. The van der Waals surface area contributed by atoms with Gasteiger partial charge in [-0.2, -0.15) is 0 Å². The molecule has 37 heavy (non-hydrogen) atoms. The lowest BCUT2D eigenvalue weighted by molar-refractivity contribution is 0.0501. The minimum Gasteiger partial charge on any atom is -0.462 e. The second kappa shape index (κ2) is 10.8. The van der Waals surface area contributed by atoms with Gasteiger partial charge in [0.05, 0.1) is 17.6 Å². The van der Waals surface area contributed by atoms with Crippen molar-refractivity contribution in [2.75, 3.05) is 11.9 Å². The van der Waals surface area contributed by atoms with Gasteiger partial charge in [-0.1, -0.05) is 61.7 Å². The highest BCUT2D eigenvalue weighted by molar-refractivity contribution is 6.30.